The molecular formula is C13H10F3NO2S. The van der Waals surface area contributed by atoms with Crippen LogP contribution in [0.25, 0.3) is 10.4 Å². The van der Waals surface area contributed by atoms with Crippen LogP contribution in [0.5, 0.6) is 0 Å². The lowest BCUT2D eigenvalue weighted by molar-refractivity contribution is -0.137. The van der Waals surface area contributed by atoms with E-state index in [1.807, 2.05) is 0 Å². The fraction of sp³-hybridized carbons (Fsp3) is 0.154. The van der Waals surface area contributed by atoms with Gasteiger partial charge in [-0.25, -0.2) is 4.79 Å². The number of alkyl halides is 3. The van der Waals surface area contributed by atoms with Gasteiger partial charge in [-0.2, -0.15) is 13.2 Å². The molecule has 0 saturated carbocycles. The number of nitrogen functional groups attached to an aromatic ring is 1. The van der Waals surface area contributed by atoms with E-state index >= 15 is 0 Å². The van der Waals surface area contributed by atoms with E-state index in [-0.39, 0.29) is 5.69 Å². The van der Waals surface area contributed by atoms with Crippen molar-refractivity contribution < 1.29 is 22.7 Å². The first-order valence-corrected chi connectivity index (χ1v) is 6.29. The molecule has 0 saturated heterocycles. The Hall–Kier alpha value is -2.02. The van der Waals surface area contributed by atoms with Gasteiger partial charge >= 0.3 is 12.1 Å². The fourth-order valence-corrected chi connectivity index (χ4v) is 2.57. The highest BCUT2D eigenvalue weighted by molar-refractivity contribution is 7.17. The molecule has 0 aliphatic carbocycles. The number of hydrogen-bond donors (Lipinski definition) is 1. The highest BCUT2D eigenvalue weighted by Gasteiger charge is 2.31. The topological polar surface area (TPSA) is 52.3 Å². The van der Waals surface area contributed by atoms with Gasteiger partial charge < -0.3 is 10.5 Å². The van der Waals surface area contributed by atoms with Gasteiger partial charge in [0.05, 0.1) is 12.7 Å². The lowest BCUT2D eigenvalue weighted by Crippen LogP contribution is -2.05. The van der Waals surface area contributed by atoms with Crippen LogP contribution in [0.2, 0.25) is 0 Å². The minimum absolute atomic E-state index is 0.0165. The standard InChI is InChI=1S/C13H10F3NO2S/c1-19-12(18)11-3-2-10(20-11)7-4-8(13(14,15)16)6-9(17)5-7/h2-6H,17H2,1H3. The zero-order valence-electron chi connectivity index (χ0n) is 10.3. The van der Waals surface area contributed by atoms with Gasteiger partial charge in [0.1, 0.15) is 4.88 Å². The van der Waals surface area contributed by atoms with Gasteiger partial charge in [0.25, 0.3) is 0 Å². The number of halogens is 3. The van der Waals surface area contributed by atoms with Crippen molar-refractivity contribution in [2.75, 3.05) is 12.8 Å². The number of carbonyl (C=O) groups excluding carboxylic acids is 1. The maximum Gasteiger partial charge on any atom is 0.416 e. The Kier molecular flexibility index (Phi) is 3.71. The van der Waals surface area contributed by atoms with Crippen molar-refractivity contribution in [3.8, 4) is 10.4 Å². The number of ether oxygens (including phenoxy) is 1. The number of esters is 1. The summed E-state index contributed by atoms with van der Waals surface area (Å²) >= 11 is 1.05. The van der Waals surface area contributed by atoms with Gasteiger partial charge in [0.15, 0.2) is 0 Å². The molecule has 0 fully saturated rings. The highest BCUT2D eigenvalue weighted by atomic mass is 32.1. The summed E-state index contributed by atoms with van der Waals surface area (Å²) in [6.45, 7) is 0. The summed E-state index contributed by atoms with van der Waals surface area (Å²) in [6.07, 6.45) is -4.47. The predicted octanol–water partition coefficient (Wildman–Crippen LogP) is 3.80. The summed E-state index contributed by atoms with van der Waals surface area (Å²) in [7, 11) is 1.24. The second-order valence-corrected chi connectivity index (χ2v) is 5.08. The van der Waals surface area contributed by atoms with Gasteiger partial charge in [-0.05, 0) is 35.9 Å². The molecule has 1 aromatic heterocycles. The first-order chi connectivity index (χ1) is 9.31. The summed E-state index contributed by atoms with van der Waals surface area (Å²) in [5.74, 6) is -0.527. The Balaban J connectivity index is 2.45. The zero-order chi connectivity index (χ0) is 14.9. The van der Waals surface area contributed by atoms with Crippen molar-refractivity contribution >= 4 is 23.0 Å². The molecule has 3 nitrogen and oxygen atoms in total. The van der Waals surface area contributed by atoms with Gasteiger partial charge in [0.2, 0.25) is 0 Å². The van der Waals surface area contributed by atoms with E-state index in [0.29, 0.717) is 15.3 Å². The van der Waals surface area contributed by atoms with Crippen molar-refractivity contribution in [3.63, 3.8) is 0 Å². The molecule has 20 heavy (non-hydrogen) atoms. The molecule has 1 aromatic carbocycles. The van der Waals surface area contributed by atoms with Crippen molar-refractivity contribution in [1.29, 1.82) is 0 Å². The number of hydrogen-bond acceptors (Lipinski definition) is 4. The first kappa shape index (κ1) is 14.4. The van der Waals surface area contributed by atoms with Crippen LogP contribution >= 0.6 is 11.3 Å². The lowest BCUT2D eigenvalue weighted by Gasteiger charge is -2.09. The second kappa shape index (κ2) is 5.16. The average molecular weight is 301 g/mol. The number of carbonyl (C=O) groups is 1. The van der Waals surface area contributed by atoms with Gasteiger partial charge in [0, 0.05) is 10.6 Å². The second-order valence-electron chi connectivity index (χ2n) is 4.00. The largest absolute Gasteiger partial charge is 0.465 e. The molecular weight excluding hydrogens is 291 g/mol. The van der Waals surface area contributed by atoms with Crippen molar-refractivity contribution in [2.45, 2.75) is 6.18 Å². The SMILES string of the molecule is COC(=O)c1ccc(-c2cc(N)cc(C(F)(F)F)c2)s1. The molecule has 2 rings (SSSR count). The molecule has 0 unspecified atom stereocenters. The van der Waals surface area contributed by atoms with Crippen LogP contribution in [-0.2, 0) is 10.9 Å². The monoisotopic (exact) mass is 301 g/mol. The Labute approximate surface area is 116 Å². The van der Waals surface area contributed by atoms with Gasteiger partial charge in [-0.1, -0.05) is 0 Å². The normalized spacial score (nSPS) is 11.4. The predicted molar refractivity (Wildman–Crippen MR) is 70.5 cm³/mol. The van der Waals surface area contributed by atoms with Crippen LogP contribution < -0.4 is 5.73 Å². The van der Waals surface area contributed by atoms with E-state index in [1.54, 1.807) is 6.07 Å². The smallest absolute Gasteiger partial charge is 0.416 e. The molecule has 0 amide bonds. The Bertz CT molecular complexity index is 649. The Morgan fingerprint density at radius 2 is 1.95 bits per heavy atom. The molecule has 0 radical (unpaired) electrons. The molecule has 0 atom stereocenters. The molecule has 0 aliphatic heterocycles. The van der Waals surface area contributed by atoms with E-state index < -0.39 is 17.7 Å². The molecule has 0 aliphatic rings. The van der Waals surface area contributed by atoms with Gasteiger partial charge in [-0.15, -0.1) is 11.3 Å². The maximum absolute atomic E-state index is 12.7. The summed E-state index contributed by atoms with van der Waals surface area (Å²) in [4.78, 5) is 12.2. The van der Waals surface area contributed by atoms with E-state index in [1.165, 1.54) is 19.2 Å². The number of nitrogens with two attached hydrogens (primary N) is 1. The van der Waals surface area contributed by atoms with E-state index in [0.717, 1.165) is 23.5 Å². The van der Waals surface area contributed by atoms with Crippen molar-refractivity contribution in [2.24, 2.45) is 0 Å². The minimum atomic E-state index is -4.47. The summed E-state index contributed by atoms with van der Waals surface area (Å²) in [5.41, 5.74) is 5.01. The number of rotatable bonds is 2. The van der Waals surface area contributed by atoms with E-state index in [2.05, 4.69) is 4.74 Å². The zero-order valence-corrected chi connectivity index (χ0v) is 11.1. The van der Waals surface area contributed by atoms with E-state index in [4.69, 9.17) is 5.73 Å². The van der Waals surface area contributed by atoms with Crippen LogP contribution in [0.4, 0.5) is 18.9 Å². The third-order valence-electron chi connectivity index (χ3n) is 2.56. The summed E-state index contributed by atoms with van der Waals surface area (Å²) in [5, 5.41) is 0. The molecule has 2 aromatic rings. The average Bonchev–Trinajstić information content (AvgIpc) is 2.85. The molecule has 1 heterocycles. The van der Waals surface area contributed by atoms with Crippen molar-refractivity contribution in [3.05, 3.63) is 40.8 Å². The molecule has 2 N–H and O–H groups in total. The number of thiophene rings is 1. The minimum Gasteiger partial charge on any atom is -0.465 e. The molecule has 106 valence electrons. The quantitative estimate of drug-likeness (QED) is 0.678. The van der Waals surface area contributed by atoms with Crippen molar-refractivity contribution in [1.82, 2.24) is 0 Å². The van der Waals surface area contributed by atoms with Crippen LogP contribution in [0.3, 0.4) is 0 Å². The third-order valence-corrected chi connectivity index (χ3v) is 3.67. The maximum atomic E-state index is 12.7. The van der Waals surface area contributed by atoms with Crippen LogP contribution in [-0.4, -0.2) is 13.1 Å². The Morgan fingerprint density at radius 3 is 2.55 bits per heavy atom. The highest BCUT2D eigenvalue weighted by Crippen LogP contribution is 2.36. The first-order valence-electron chi connectivity index (χ1n) is 5.47. The van der Waals surface area contributed by atoms with E-state index in [9.17, 15) is 18.0 Å². The number of methoxy groups -OCH3 is 1. The number of anilines is 1. The van der Waals surface area contributed by atoms with Crippen LogP contribution in [0.15, 0.2) is 30.3 Å². The van der Waals surface area contributed by atoms with Crippen LogP contribution in [0.1, 0.15) is 15.2 Å². The number of benzene rings is 1. The lowest BCUT2D eigenvalue weighted by atomic mass is 10.1. The Morgan fingerprint density at radius 1 is 1.25 bits per heavy atom. The molecule has 0 bridgehead atoms. The molecule has 7 heteroatoms. The summed E-state index contributed by atoms with van der Waals surface area (Å²) < 4.78 is 42.7. The summed E-state index contributed by atoms with van der Waals surface area (Å²) in [6, 6.07) is 6.37. The van der Waals surface area contributed by atoms with Crippen LogP contribution in [0, 0.1) is 0 Å². The third kappa shape index (κ3) is 2.93. The van der Waals surface area contributed by atoms with Gasteiger partial charge in [-0.3, -0.25) is 0 Å². The molecule has 0 spiro atoms. The fourth-order valence-electron chi connectivity index (χ4n) is 1.66.